The summed E-state index contributed by atoms with van der Waals surface area (Å²) in [4.78, 5) is 28.0. The molecule has 0 bridgehead atoms. The molecule has 0 saturated heterocycles. The van der Waals surface area contributed by atoms with Crippen LogP contribution in [0.2, 0.25) is 5.02 Å². The molecule has 3 rings (SSSR count). The molecule has 0 fully saturated rings. The molecule has 0 atom stereocenters. The molecule has 4 nitrogen and oxygen atoms in total. The number of thioether (sulfide) groups is 1. The molecular weight excluding hydrogens is 394 g/mol. The zero-order chi connectivity index (χ0) is 20.3. The van der Waals surface area contributed by atoms with Gasteiger partial charge in [0, 0.05) is 10.3 Å². The van der Waals surface area contributed by atoms with Crippen LogP contribution in [0.1, 0.15) is 31.9 Å². The van der Waals surface area contributed by atoms with Gasteiger partial charge in [-0.15, -0.1) is 11.8 Å². The zero-order valence-corrected chi connectivity index (χ0v) is 17.6. The second-order valence-corrected chi connectivity index (χ2v) is 8.61. The number of hydrogen-bond donors (Lipinski definition) is 0. The number of rotatable bonds is 7. The van der Waals surface area contributed by atoms with Crippen LogP contribution in [0.25, 0.3) is 5.57 Å². The predicted molar refractivity (Wildman–Crippen MR) is 114 cm³/mol. The van der Waals surface area contributed by atoms with Crippen molar-refractivity contribution in [3.8, 4) is 5.75 Å². The second-order valence-electron chi connectivity index (χ2n) is 6.62. The van der Waals surface area contributed by atoms with Crippen molar-refractivity contribution >= 4 is 40.8 Å². The summed E-state index contributed by atoms with van der Waals surface area (Å²) in [5.41, 5.74) is 1.90. The van der Waals surface area contributed by atoms with Gasteiger partial charge in [0.1, 0.15) is 5.75 Å². The zero-order valence-electron chi connectivity index (χ0n) is 16.1. The van der Waals surface area contributed by atoms with Gasteiger partial charge in [0.2, 0.25) is 0 Å². The fourth-order valence-electron chi connectivity index (χ4n) is 2.98. The Morgan fingerprint density at radius 3 is 2.32 bits per heavy atom. The monoisotopic (exact) mass is 415 g/mol. The molecular formula is C22H22ClNO3S. The average Bonchev–Trinajstić information content (AvgIpc) is 2.88. The van der Waals surface area contributed by atoms with Crippen molar-refractivity contribution in [1.82, 2.24) is 4.90 Å². The number of ether oxygens (including phenoxy) is 1. The number of hydrogen-bond acceptors (Lipinski definition) is 4. The summed E-state index contributed by atoms with van der Waals surface area (Å²) < 4.78 is 5.48. The van der Waals surface area contributed by atoms with Crippen LogP contribution < -0.4 is 4.74 Å². The summed E-state index contributed by atoms with van der Waals surface area (Å²) in [7, 11) is 0. The number of amides is 2. The summed E-state index contributed by atoms with van der Waals surface area (Å²) in [5.74, 6) is 0.166. The maximum atomic E-state index is 13.2. The van der Waals surface area contributed by atoms with Gasteiger partial charge < -0.3 is 4.74 Å². The van der Waals surface area contributed by atoms with E-state index < -0.39 is 0 Å². The van der Waals surface area contributed by atoms with Crippen LogP contribution in [0.4, 0.5) is 0 Å². The van der Waals surface area contributed by atoms with E-state index in [2.05, 4.69) is 0 Å². The van der Waals surface area contributed by atoms with Crippen LogP contribution in [0, 0.1) is 0 Å². The van der Waals surface area contributed by atoms with Crippen LogP contribution >= 0.6 is 23.4 Å². The number of carbonyl (C=O) groups is 2. The Morgan fingerprint density at radius 2 is 1.71 bits per heavy atom. The molecule has 2 aromatic carbocycles. The molecule has 0 N–H and O–H groups in total. The van der Waals surface area contributed by atoms with Crippen molar-refractivity contribution in [1.29, 1.82) is 0 Å². The summed E-state index contributed by atoms with van der Waals surface area (Å²) in [6.07, 6.45) is 0. The molecule has 1 aliphatic heterocycles. The molecule has 2 aromatic rings. The lowest BCUT2D eigenvalue weighted by Gasteiger charge is -2.16. The Balaban J connectivity index is 1.97. The lowest BCUT2D eigenvalue weighted by atomic mass is 10.1. The van der Waals surface area contributed by atoms with Crippen LogP contribution in [-0.2, 0) is 16.1 Å². The van der Waals surface area contributed by atoms with Crippen molar-refractivity contribution in [3.63, 3.8) is 0 Å². The topological polar surface area (TPSA) is 46.6 Å². The van der Waals surface area contributed by atoms with Crippen LogP contribution in [0.15, 0.2) is 53.4 Å². The number of benzene rings is 2. The summed E-state index contributed by atoms with van der Waals surface area (Å²) in [6, 6.07) is 14.5. The minimum atomic E-state index is -0.294. The standard InChI is InChI=1S/C22H22ClNO3S/c1-4-27-17-11-9-15(10-12-17)19-20(28-14(2)3)22(26)24(21(19)25)13-16-7-5-6-8-18(16)23/h5-12,14H,4,13H2,1-3H3. The van der Waals surface area contributed by atoms with E-state index in [0.29, 0.717) is 27.7 Å². The largest absolute Gasteiger partial charge is 0.494 e. The number of nitrogens with zero attached hydrogens (tertiary/aromatic N) is 1. The van der Waals surface area contributed by atoms with E-state index in [9.17, 15) is 9.59 Å². The maximum absolute atomic E-state index is 13.2. The number of halogens is 1. The van der Waals surface area contributed by atoms with Crippen LogP contribution in [0.3, 0.4) is 0 Å². The van der Waals surface area contributed by atoms with Crippen molar-refractivity contribution in [2.24, 2.45) is 0 Å². The molecule has 0 aliphatic carbocycles. The van der Waals surface area contributed by atoms with Gasteiger partial charge in [-0.25, -0.2) is 0 Å². The SMILES string of the molecule is CCOc1ccc(C2=C(SC(C)C)C(=O)N(Cc3ccccc3Cl)C2=O)cc1. The third-order valence-corrected chi connectivity index (χ3v) is 5.67. The highest BCUT2D eigenvalue weighted by molar-refractivity contribution is 8.04. The van der Waals surface area contributed by atoms with Gasteiger partial charge in [-0.3, -0.25) is 14.5 Å². The van der Waals surface area contributed by atoms with E-state index in [4.69, 9.17) is 16.3 Å². The molecule has 0 unspecified atom stereocenters. The summed E-state index contributed by atoms with van der Waals surface area (Å²) >= 11 is 7.65. The first-order valence-electron chi connectivity index (χ1n) is 9.16. The third kappa shape index (κ3) is 4.26. The van der Waals surface area contributed by atoms with E-state index >= 15 is 0 Å². The molecule has 0 saturated carbocycles. The minimum Gasteiger partial charge on any atom is -0.494 e. The lowest BCUT2D eigenvalue weighted by Crippen LogP contribution is -2.31. The Labute approximate surface area is 174 Å². The van der Waals surface area contributed by atoms with Crippen molar-refractivity contribution < 1.29 is 14.3 Å². The van der Waals surface area contributed by atoms with Crippen molar-refractivity contribution in [2.45, 2.75) is 32.6 Å². The van der Waals surface area contributed by atoms with E-state index in [1.54, 1.807) is 6.07 Å². The minimum absolute atomic E-state index is 0.153. The third-order valence-electron chi connectivity index (χ3n) is 4.22. The summed E-state index contributed by atoms with van der Waals surface area (Å²) in [5, 5.41) is 0.709. The van der Waals surface area contributed by atoms with Gasteiger partial charge in [-0.05, 0) is 36.2 Å². The van der Waals surface area contributed by atoms with Gasteiger partial charge in [0.05, 0.1) is 23.6 Å². The average molecular weight is 416 g/mol. The molecule has 2 amide bonds. The number of carbonyl (C=O) groups excluding carboxylic acids is 2. The second kappa shape index (κ2) is 8.84. The smallest absolute Gasteiger partial charge is 0.268 e. The first kappa shape index (κ1) is 20.5. The molecule has 0 spiro atoms. The molecule has 1 aliphatic rings. The Bertz CT molecular complexity index is 922. The molecule has 0 aromatic heterocycles. The fraction of sp³-hybridized carbons (Fsp3) is 0.273. The predicted octanol–water partition coefficient (Wildman–Crippen LogP) is 5.16. The molecule has 146 valence electrons. The van der Waals surface area contributed by atoms with E-state index in [1.165, 1.54) is 16.7 Å². The Morgan fingerprint density at radius 1 is 1.04 bits per heavy atom. The maximum Gasteiger partial charge on any atom is 0.268 e. The highest BCUT2D eigenvalue weighted by Gasteiger charge is 2.39. The van der Waals surface area contributed by atoms with Gasteiger partial charge >= 0.3 is 0 Å². The normalized spacial score (nSPS) is 14.4. The lowest BCUT2D eigenvalue weighted by molar-refractivity contribution is -0.137. The van der Waals surface area contributed by atoms with Crippen molar-refractivity contribution in [3.05, 3.63) is 69.6 Å². The highest BCUT2D eigenvalue weighted by Crippen LogP contribution is 2.39. The highest BCUT2D eigenvalue weighted by atomic mass is 35.5. The van der Waals surface area contributed by atoms with E-state index in [1.807, 2.05) is 63.2 Å². The Hall–Kier alpha value is -2.24. The van der Waals surface area contributed by atoms with Gasteiger partial charge in [-0.1, -0.05) is 55.8 Å². The Kier molecular flexibility index (Phi) is 6.47. The molecule has 0 radical (unpaired) electrons. The van der Waals surface area contributed by atoms with Crippen LogP contribution in [-0.4, -0.2) is 28.6 Å². The van der Waals surface area contributed by atoms with Crippen molar-refractivity contribution in [2.75, 3.05) is 6.61 Å². The van der Waals surface area contributed by atoms with Gasteiger partial charge in [-0.2, -0.15) is 0 Å². The molecule has 6 heteroatoms. The quantitative estimate of drug-likeness (QED) is 0.586. The van der Waals surface area contributed by atoms with E-state index in [-0.39, 0.29) is 23.6 Å². The van der Waals surface area contributed by atoms with E-state index in [0.717, 1.165) is 11.3 Å². The molecule has 1 heterocycles. The molecule has 28 heavy (non-hydrogen) atoms. The summed E-state index contributed by atoms with van der Waals surface area (Å²) in [6.45, 7) is 6.64. The first-order chi connectivity index (χ1) is 13.4. The van der Waals surface area contributed by atoms with Crippen LogP contribution in [0.5, 0.6) is 5.75 Å². The fourth-order valence-corrected chi connectivity index (χ4v) is 4.18. The number of imide groups is 1. The van der Waals surface area contributed by atoms with Gasteiger partial charge in [0.25, 0.3) is 11.8 Å². The first-order valence-corrected chi connectivity index (χ1v) is 10.4. The van der Waals surface area contributed by atoms with Gasteiger partial charge in [0.15, 0.2) is 0 Å².